The van der Waals surface area contributed by atoms with Crippen molar-refractivity contribution in [2.45, 2.75) is 6.04 Å². The molecule has 0 bridgehead atoms. The summed E-state index contributed by atoms with van der Waals surface area (Å²) in [5.74, 6) is -0.00375. The summed E-state index contributed by atoms with van der Waals surface area (Å²) in [5.41, 5.74) is 3.96. The number of hydrogen-bond acceptors (Lipinski definition) is 1. The highest BCUT2D eigenvalue weighted by Gasteiger charge is 2.30. The van der Waals surface area contributed by atoms with E-state index in [1.807, 2.05) is 73.1 Å². The molecule has 1 amide bonds. The van der Waals surface area contributed by atoms with E-state index in [1.54, 1.807) is 4.90 Å². The lowest BCUT2D eigenvalue weighted by Crippen LogP contribution is -2.33. The maximum Gasteiger partial charge on any atom is 0.258 e. The third-order valence-electron chi connectivity index (χ3n) is 4.16. The van der Waals surface area contributed by atoms with Crippen molar-refractivity contribution in [3.8, 4) is 0 Å². The summed E-state index contributed by atoms with van der Waals surface area (Å²) < 4.78 is 0. The lowest BCUT2D eigenvalue weighted by atomic mass is 9.93. The Morgan fingerprint density at radius 1 is 0.913 bits per heavy atom. The Hall–Kier alpha value is -3.07. The van der Waals surface area contributed by atoms with Gasteiger partial charge in [0.05, 0.1) is 0 Å². The molecule has 3 nitrogen and oxygen atoms in total. The maximum absolute atomic E-state index is 13.0. The SMILES string of the molecule is O=C(c1ccccc1)N1C=Cc2ccccc2C1c1ccc[nH]1. The molecule has 2 heterocycles. The van der Waals surface area contributed by atoms with Gasteiger partial charge < -0.3 is 9.88 Å². The Bertz CT molecular complexity index is 850. The number of benzene rings is 2. The van der Waals surface area contributed by atoms with Crippen molar-refractivity contribution in [2.75, 3.05) is 0 Å². The average molecular weight is 300 g/mol. The number of carbonyl (C=O) groups is 1. The molecule has 2 aromatic carbocycles. The van der Waals surface area contributed by atoms with Gasteiger partial charge in [0.15, 0.2) is 0 Å². The van der Waals surface area contributed by atoms with Crippen LogP contribution in [-0.2, 0) is 0 Å². The van der Waals surface area contributed by atoms with Gasteiger partial charge >= 0.3 is 0 Å². The number of aromatic amines is 1. The van der Waals surface area contributed by atoms with E-state index in [-0.39, 0.29) is 11.9 Å². The summed E-state index contributed by atoms with van der Waals surface area (Å²) in [6.45, 7) is 0. The third-order valence-corrected chi connectivity index (χ3v) is 4.16. The van der Waals surface area contributed by atoms with Crippen LogP contribution in [0, 0.1) is 0 Å². The van der Waals surface area contributed by atoms with Crippen molar-refractivity contribution in [2.24, 2.45) is 0 Å². The van der Waals surface area contributed by atoms with Crippen LogP contribution in [0.2, 0.25) is 0 Å². The van der Waals surface area contributed by atoms with E-state index in [1.165, 1.54) is 0 Å². The summed E-state index contributed by atoms with van der Waals surface area (Å²) in [7, 11) is 0. The van der Waals surface area contributed by atoms with Crippen LogP contribution >= 0.6 is 0 Å². The van der Waals surface area contributed by atoms with Crippen LogP contribution in [0.5, 0.6) is 0 Å². The van der Waals surface area contributed by atoms with Crippen molar-refractivity contribution in [3.05, 3.63) is 102 Å². The van der Waals surface area contributed by atoms with Crippen molar-refractivity contribution in [1.29, 1.82) is 0 Å². The Labute approximate surface area is 134 Å². The molecular formula is C20H16N2O. The van der Waals surface area contributed by atoms with E-state index < -0.39 is 0 Å². The van der Waals surface area contributed by atoms with Crippen molar-refractivity contribution in [3.63, 3.8) is 0 Å². The number of amides is 1. The van der Waals surface area contributed by atoms with Gasteiger partial charge in [-0.15, -0.1) is 0 Å². The fraction of sp³-hybridized carbons (Fsp3) is 0.0500. The lowest BCUT2D eigenvalue weighted by Gasteiger charge is -2.33. The predicted molar refractivity (Wildman–Crippen MR) is 90.7 cm³/mol. The van der Waals surface area contributed by atoms with Gasteiger partial charge in [0.25, 0.3) is 5.91 Å². The van der Waals surface area contributed by atoms with Gasteiger partial charge in [-0.25, -0.2) is 0 Å². The topological polar surface area (TPSA) is 36.1 Å². The summed E-state index contributed by atoms with van der Waals surface area (Å²) in [6, 6.07) is 21.4. The Balaban J connectivity index is 1.82. The van der Waals surface area contributed by atoms with Crippen LogP contribution in [0.15, 0.2) is 79.1 Å². The molecule has 0 saturated carbocycles. The van der Waals surface area contributed by atoms with Gasteiger partial charge in [0, 0.05) is 23.7 Å². The first-order chi connectivity index (χ1) is 11.3. The minimum absolute atomic E-state index is 0.00375. The van der Waals surface area contributed by atoms with E-state index in [0.29, 0.717) is 5.56 Å². The Morgan fingerprint density at radius 3 is 2.48 bits per heavy atom. The smallest absolute Gasteiger partial charge is 0.258 e. The number of H-pyrrole nitrogens is 1. The van der Waals surface area contributed by atoms with E-state index >= 15 is 0 Å². The van der Waals surface area contributed by atoms with Crippen LogP contribution in [0.1, 0.15) is 33.2 Å². The molecule has 0 fully saturated rings. The van der Waals surface area contributed by atoms with Crippen LogP contribution in [-0.4, -0.2) is 15.8 Å². The van der Waals surface area contributed by atoms with Gasteiger partial charge in [-0.1, -0.05) is 42.5 Å². The molecular weight excluding hydrogens is 284 g/mol. The zero-order chi connectivity index (χ0) is 15.6. The molecule has 1 aromatic heterocycles. The predicted octanol–water partition coefficient (Wildman–Crippen LogP) is 4.23. The molecule has 112 valence electrons. The highest BCUT2D eigenvalue weighted by atomic mass is 16.2. The van der Waals surface area contributed by atoms with Crippen LogP contribution < -0.4 is 0 Å². The number of rotatable bonds is 2. The Morgan fingerprint density at radius 2 is 1.70 bits per heavy atom. The minimum Gasteiger partial charge on any atom is -0.363 e. The summed E-state index contributed by atoms with van der Waals surface area (Å²) in [5, 5.41) is 0. The van der Waals surface area contributed by atoms with E-state index in [4.69, 9.17) is 0 Å². The number of aromatic nitrogens is 1. The second kappa shape index (κ2) is 5.61. The molecule has 0 aliphatic carbocycles. The summed E-state index contributed by atoms with van der Waals surface area (Å²) in [6.07, 6.45) is 5.76. The molecule has 3 heteroatoms. The first-order valence-corrected chi connectivity index (χ1v) is 7.63. The molecule has 1 atom stereocenters. The number of carbonyl (C=O) groups excluding carboxylic acids is 1. The maximum atomic E-state index is 13.0. The first kappa shape index (κ1) is 13.6. The van der Waals surface area contributed by atoms with Crippen molar-refractivity contribution < 1.29 is 4.79 Å². The average Bonchev–Trinajstić information content (AvgIpc) is 3.15. The van der Waals surface area contributed by atoms with Gasteiger partial charge in [-0.05, 0) is 41.5 Å². The Kier molecular flexibility index (Phi) is 3.31. The molecule has 0 saturated heterocycles. The number of nitrogens with zero attached hydrogens (tertiary/aromatic N) is 1. The summed E-state index contributed by atoms with van der Waals surface area (Å²) in [4.78, 5) is 18.0. The number of fused-ring (bicyclic) bond motifs is 1. The minimum atomic E-state index is -0.140. The second-order valence-corrected chi connectivity index (χ2v) is 5.55. The van der Waals surface area contributed by atoms with E-state index in [0.717, 1.165) is 16.8 Å². The quantitative estimate of drug-likeness (QED) is 0.755. The van der Waals surface area contributed by atoms with Crippen LogP contribution in [0.25, 0.3) is 6.08 Å². The molecule has 1 aliphatic rings. The molecule has 1 N–H and O–H groups in total. The molecule has 4 rings (SSSR count). The summed E-state index contributed by atoms with van der Waals surface area (Å²) >= 11 is 0. The standard InChI is InChI=1S/C20H16N2O/c23-20(16-8-2-1-3-9-16)22-14-12-15-7-4-5-10-17(15)19(22)18-11-6-13-21-18/h1-14,19,21H. The van der Waals surface area contributed by atoms with Crippen molar-refractivity contribution in [1.82, 2.24) is 9.88 Å². The second-order valence-electron chi connectivity index (χ2n) is 5.55. The molecule has 23 heavy (non-hydrogen) atoms. The zero-order valence-corrected chi connectivity index (χ0v) is 12.5. The van der Waals surface area contributed by atoms with Crippen molar-refractivity contribution >= 4 is 12.0 Å². The van der Waals surface area contributed by atoms with Crippen LogP contribution in [0.4, 0.5) is 0 Å². The van der Waals surface area contributed by atoms with Gasteiger partial charge in [0.2, 0.25) is 0 Å². The van der Waals surface area contributed by atoms with Crippen LogP contribution in [0.3, 0.4) is 0 Å². The molecule has 1 unspecified atom stereocenters. The molecule has 0 spiro atoms. The highest BCUT2D eigenvalue weighted by Crippen LogP contribution is 2.35. The van der Waals surface area contributed by atoms with Gasteiger partial charge in [-0.2, -0.15) is 0 Å². The van der Waals surface area contributed by atoms with E-state index in [9.17, 15) is 4.79 Å². The first-order valence-electron chi connectivity index (χ1n) is 7.63. The molecule has 0 radical (unpaired) electrons. The highest BCUT2D eigenvalue weighted by molar-refractivity contribution is 5.96. The number of nitrogens with one attached hydrogen (secondary N) is 1. The fourth-order valence-electron chi connectivity index (χ4n) is 3.05. The normalized spacial score (nSPS) is 16.2. The van der Waals surface area contributed by atoms with Gasteiger partial charge in [-0.3, -0.25) is 4.79 Å². The largest absolute Gasteiger partial charge is 0.363 e. The monoisotopic (exact) mass is 300 g/mol. The number of hydrogen-bond donors (Lipinski definition) is 1. The molecule has 1 aliphatic heterocycles. The van der Waals surface area contributed by atoms with Gasteiger partial charge in [0.1, 0.15) is 6.04 Å². The van der Waals surface area contributed by atoms with E-state index in [2.05, 4.69) is 17.1 Å². The lowest BCUT2D eigenvalue weighted by molar-refractivity contribution is 0.0785. The fourth-order valence-corrected chi connectivity index (χ4v) is 3.05. The zero-order valence-electron chi connectivity index (χ0n) is 12.5. The third kappa shape index (κ3) is 2.36. The molecule has 3 aromatic rings.